The maximum absolute atomic E-state index is 12.0. The molecule has 1 saturated heterocycles. The van der Waals surface area contributed by atoms with Gasteiger partial charge in [0, 0.05) is 17.3 Å². The molecule has 6 nitrogen and oxygen atoms in total. The summed E-state index contributed by atoms with van der Waals surface area (Å²) in [6, 6.07) is 6.23. The molecule has 102 valence electrons. The van der Waals surface area contributed by atoms with Gasteiger partial charge in [0.25, 0.3) is 0 Å². The normalized spacial score (nSPS) is 16.3. The van der Waals surface area contributed by atoms with E-state index in [-0.39, 0.29) is 11.8 Å². The molecule has 1 heterocycles. The van der Waals surface area contributed by atoms with Gasteiger partial charge in [0.2, 0.25) is 5.91 Å². The van der Waals surface area contributed by atoms with Crippen LogP contribution in [0.3, 0.4) is 0 Å². The summed E-state index contributed by atoms with van der Waals surface area (Å²) in [6.07, 6.45) is 0. The number of primary amides is 1. The van der Waals surface area contributed by atoms with Gasteiger partial charge in [-0.05, 0) is 43.3 Å². The van der Waals surface area contributed by atoms with Gasteiger partial charge in [-0.15, -0.1) is 0 Å². The van der Waals surface area contributed by atoms with Crippen molar-refractivity contribution in [1.82, 2.24) is 5.32 Å². The summed E-state index contributed by atoms with van der Waals surface area (Å²) in [5.41, 5.74) is 6.32. The first-order chi connectivity index (χ1) is 9.06. The van der Waals surface area contributed by atoms with Crippen LogP contribution in [0.15, 0.2) is 24.3 Å². The first-order valence-electron chi connectivity index (χ1n) is 6.24. The Hall–Kier alpha value is -2.08. The Morgan fingerprint density at radius 1 is 1.21 bits per heavy atom. The van der Waals surface area contributed by atoms with E-state index in [2.05, 4.69) is 16.0 Å². The van der Waals surface area contributed by atoms with E-state index in [0.717, 1.165) is 13.1 Å². The fraction of sp³-hybridized carbons (Fsp3) is 0.385. The highest BCUT2D eigenvalue weighted by Crippen LogP contribution is 2.19. The zero-order valence-corrected chi connectivity index (χ0v) is 10.8. The zero-order valence-electron chi connectivity index (χ0n) is 10.8. The number of nitrogens with two attached hydrogens (primary N) is 1. The fourth-order valence-corrected chi connectivity index (χ4v) is 1.91. The molecule has 5 N–H and O–H groups in total. The zero-order chi connectivity index (χ0) is 13.8. The highest BCUT2D eigenvalue weighted by atomic mass is 16.2. The van der Waals surface area contributed by atoms with Crippen LogP contribution in [0.25, 0.3) is 0 Å². The van der Waals surface area contributed by atoms with Crippen LogP contribution in [0.1, 0.15) is 6.92 Å². The van der Waals surface area contributed by atoms with Crippen LogP contribution in [0.5, 0.6) is 0 Å². The Morgan fingerprint density at radius 3 is 2.16 bits per heavy atom. The van der Waals surface area contributed by atoms with Gasteiger partial charge in [0.1, 0.15) is 0 Å². The Labute approximate surface area is 111 Å². The molecule has 0 aliphatic carbocycles. The molecule has 1 unspecified atom stereocenters. The van der Waals surface area contributed by atoms with Crippen molar-refractivity contribution in [3.05, 3.63) is 24.3 Å². The van der Waals surface area contributed by atoms with Gasteiger partial charge in [-0.3, -0.25) is 4.79 Å². The first kappa shape index (κ1) is 13.4. The number of rotatable bonds is 4. The van der Waals surface area contributed by atoms with E-state index in [1.807, 2.05) is 6.92 Å². The highest BCUT2D eigenvalue weighted by molar-refractivity contribution is 5.93. The van der Waals surface area contributed by atoms with Crippen molar-refractivity contribution in [2.24, 2.45) is 17.6 Å². The fourth-order valence-electron chi connectivity index (χ4n) is 1.91. The second-order valence-electron chi connectivity index (χ2n) is 4.76. The summed E-state index contributed by atoms with van der Waals surface area (Å²) in [6.45, 7) is 3.73. The number of benzene rings is 1. The van der Waals surface area contributed by atoms with Gasteiger partial charge in [-0.1, -0.05) is 6.92 Å². The summed E-state index contributed by atoms with van der Waals surface area (Å²) in [4.78, 5) is 22.7. The van der Waals surface area contributed by atoms with E-state index in [9.17, 15) is 9.59 Å². The molecule has 1 aliphatic rings. The first-order valence-corrected chi connectivity index (χ1v) is 6.24. The Bertz CT molecular complexity index is 468. The number of amides is 3. The van der Waals surface area contributed by atoms with Crippen molar-refractivity contribution in [2.75, 3.05) is 23.7 Å². The molecule has 0 bridgehead atoms. The van der Waals surface area contributed by atoms with E-state index < -0.39 is 6.03 Å². The van der Waals surface area contributed by atoms with Crippen molar-refractivity contribution in [1.29, 1.82) is 0 Å². The lowest BCUT2D eigenvalue weighted by molar-refractivity contribution is -0.121. The lowest BCUT2D eigenvalue weighted by atomic mass is 9.88. The van der Waals surface area contributed by atoms with Gasteiger partial charge in [0.15, 0.2) is 0 Å². The molecule has 0 radical (unpaired) electrons. The topological polar surface area (TPSA) is 96.2 Å². The van der Waals surface area contributed by atoms with Gasteiger partial charge in [0.05, 0.1) is 0 Å². The molecule has 1 atom stereocenters. The van der Waals surface area contributed by atoms with Gasteiger partial charge >= 0.3 is 6.03 Å². The van der Waals surface area contributed by atoms with Crippen LogP contribution >= 0.6 is 0 Å². The maximum atomic E-state index is 12.0. The predicted octanol–water partition coefficient (Wildman–Crippen LogP) is 0.971. The summed E-state index contributed by atoms with van der Waals surface area (Å²) >= 11 is 0. The molecule has 0 saturated carbocycles. The SMILES string of the molecule is CC(C(=O)Nc1ccc(NC(N)=O)cc1)C1CNC1. The number of carbonyl (C=O) groups excluding carboxylic acids is 2. The minimum absolute atomic E-state index is 0.00956. The van der Waals surface area contributed by atoms with Crippen LogP contribution in [-0.4, -0.2) is 25.0 Å². The summed E-state index contributed by atoms with van der Waals surface area (Å²) in [5.74, 6) is 0.419. The van der Waals surface area contributed by atoms with E-state index in [1.165, 1.54) is 0 Å². The van der Waals surface area contributed by atoms with Crippen molar-refractivity contribution in [3.8, 4) is 0 Å². The molecule has 3 amide bonds. The van der Waals surface area contributed by atoms with Gasteiger partial charge < -0.3 is 21.7 Å². The van der Waals surface area contributed by atoms with Crippen LogP contribution in [0.4, 0.5) is 16.2 Å². The van der Waals surface area contributed by atoms with Crippen molar-refractivity contribution in [3.63, 3.8) is 0 Å². The second kappa shape index (κ2) is 5.71. The van der Waals surface area contributed by atoms with Crippen molar-refractivity contribution in [2.45, 2.75) is 6.92 Å². The number of hydrogen-bond donors (Lipinski definition) is 4. The van der Waals surface area contributed by atoms with E-state index in [0.29, 0.717) is 17.3 Å². The number of urea groups is 1. The lowest BCUT2D eigenvalue weighted by Gasteiger charge is -2.31. The molecule has 0 aromatic heterocycles. The number of anilines is 2. The average Bonchev–Trinajstić information content (AvgIpc) is 2.28. The largest absolute Gasteiger partial charge is 0.351 e. The third-order valence-electron chi connectivity index (χ3n) is 3.35. The second-order valence-corrected chi connectivity index (χ2v) is 4.76. The minimum atomic E-state index is -0.608. The molecule has 1 aromatic rings. The van der Waals surface area contributed by atoms with E-state index in [4.69, 9.17) is 5.73 Å². The molecule has 0 spiro atoms. The average molecular weight is 262 g/mol. The van der Waals surface area contributed by atoms with E-state index >= 15 is 0 Å². The lowest BCUT2D eigenvalue weighted by Crippen LogP contribution is -2.48. The van der Waals surface area contributed by atoms with Crippen molar-refractivity contribution < 1.29 is 9.59 Å². The molecule has 1 fully saturated rings. The third-order valence-corrected chi connectivity index (χ3v) is 3.35. The highest BCUT2D eigenvalue weighted by Gasteiger charge is 2.28. The standard InChI is InChI=1S/C13H18N4O2/c1-8(9-6-15-7-9)12(18)16-10-2-4-11(5-3-10)17-13(14)19/h2-5,8-9,15H,6-7H2,1H3,(H,16,18)(H3,14,17,19). The van der Waals surface area contributed by atoms with Crippen LogP contribution in [0, 0.1) is 11.8 Å². The maximum Gasteiger partial charge on any atom is 0.316 e. The Kier molecular flexibility index (Phi) is 4.01. The Balaban J connectivity index is 1.91. The summed E-state index contributed by atoms with van der Waals surface area (Å²) in [7, 11) is 0. The van der Waals surface area contributed by atoms with Gasteiger partial charge in [-0.2, -0.15) is 0 Å². The van der Waals surface area contributed by atoms with Crippen molar-refractivity contribution >= 4 is 23.3 Å². The van der Waals surface area contributed by atoms with Crippen LogP contribution in [-0.2, 0) is 4.79 Å². The monoisotopic (exact) mass is 262 g/mol. The summed E-state index contributed by atoms with van der Waals surface area (Å²) < 4.78 is 0. The predicted molar refractivity (Wildman–Crippen MR) is 73.8 cm³/mol. The molecule has 1 aliphatic heterocycles. The van der Waals surface area contributed by atoms with E-state index in [1.54, 1.807) is 24.3 Å². The van der Waals surface area contributed by atoms with Gasteiger partial charge in [-0.25, -0.2) is 4.79 Å². The molecule has 2 rings (SSSR count). The van der Waals surface area contributed by atoms with Crippen LogP contribution < -0.4 is 21.7 Å². The minimum Gasteiger partial charge on any atom is -0.351 e. The van der Waals surface area contributed by atoms with Crippen LogP contribution in [0.2, 0.25) is 0 Å². The Morgan fingerprint density at radius 2 is 1.74 bits per heavy atom. The number of carbonyl (C=O) groups is 2. The molecule has 6 heteroatoms. The molecule has 1 aromatic carbocycles. The molecular formula is C13H18N4O2. The summed E-state index contributed by atoms with van der Waals surface area (Å²) in [5, 5.41) is 8.48. The molecular weight excluding hydrogens is 244 g/mol. The number of nitrogens with one attached hydrogen (secondary N) is 3. The smallest absolute Gasteiger partial charge is 0.316 e. The molecule has 19 heavy (non-hydrogen) atoms. The quantitative estimate of drug-likeness (QED) is 0.651. The number of hydrogen-bond acceptors (Lipinski definition) is 3. The third kappa shape index (κ3) is 3.45.